The number of aromatic hydroxyl groups is 2. The Labute approximate surface area is 112 Å². The molecular weight excluding hydrogens is 240 g/mol. The Kier molecular flexibility index (Phi) is 2.72. The molecule has 2 aromatic rings. The Morgan fingerprint density at radius 1 is 1.05 bits per heavy atom. The lowest BCUT2D eigenvalue weighted by atomic mass is 9.93. The van der Waals surface area contributed by atoms with E-state index in [-0.39, 0.29) is 11.5 Å². The first-order valence-corrected chi connectivity index (χ1v) is 6.30. The van der Waals surface area contributed by atoms with Gasteiger partial charge in [-0.2, -0.15) is 0 Å². The number of fused-ring (bicyclic) bond motifs is 1. The fourth-order valence-electron chi connectivity index (χ4n) is 2.76. The van der Waals surface area contributed by atoms with Crippen LogP contribution in [0.4, 0.5) is 0 Å². The van der Waals surface area contributed by atoms with Crippen LogP contribution in [-0.2, 0) is 11.3 Å². The van der Waals surface area contributed by atoms with Crippen LogP contribution < -0.4 is 0 Å². The molecule has 98 valence electrons. The van der Waals surface area contributed by atoms with Crippen molar-refractivity contribution >= 4 is 0 Å². The number of rotatable bonds is 1. The Morgan fingerprint density at radius 2 is 1.84 bits per heavy atom. The van der Waals surface area contributed by atoms with Crippen molar-refractivity contribution in [3.8, 4) is 11.5 Å². The van der Waals surface area contributed by atoms with Crippen LogP contribution in [0.25, 0.3) is 0 Å². The van der Waals surface area contributed by atoms with Gasteiger partial charge in [0.25, 0.3) is 0 Å². The van der Waals surface area contributed by atoms with E-state index in [1.165, 1.54) is 0 Å². The fourth-order valence-corrected chi connectivity index (χ4v) is 2.76. The van der Waals surface area contributed by atoms with E-state index in [1.807, 2.05) is 26.0 Å². The molecule has 3 nitrogen and oxygen atoms in total. The van der Waals surface area contributed by atoms with Gasteiger partial charge in [-0.3, -0.25) is 0 Å². The summed E-state index contributed by atoms with van der Waals surface area (Å²) in [5.41, 5.74) is 4.47. The van der Waals surface area contributed by atoms with Crippen LogP contribution in [0.3, 0.4) is 0 Å². The van der Waals surface area contributed by atoms with Crippen molar-refractivity contribution in [2.24, 2.45) is 0 Å². The van der Waals surface area contributed by atoms with Gasteiger partial charge in [-0.1, -0.05) is 18.2 Å². The summed E-state index contributed by atoms with van der Waals surface area (Å²) in [5, 5.41) is 20.2. The van der Waals surface area contributed by atoms with Crippen LogP contribution in [0.5, 0.6) is 11.5 Å². The van der Waals surface area contributed by atoms with Gasteiger partial charge in [0.2, 0.25) is 0 Å². The minimum absolute atomic E-state index is 0.206. The third-order valence-electron chi connectivity index (χ3n) is 3.62. The molecule has 1 unspecified atom stereocenters. The van der Waals surface area contributed by atoms with E-state index in [9.17, 15) is 10.2 Å². The van der Waals surface area contributed by atoms with Gasteiger partial charge in [0, 0.05) is 11.1 Å². The number of phenolic OH excluding ortho intramolecular Hbond substituents is 2. The molecule has 0 aliphatic carbocycles. The summed E-state index contributed by atoms with van der Waals surface area (Å²) >= 11 is 0. The molecule has 2 N–H and O–H groups in total. The molecule has 1 aliphatic heterocycles. The maximum atomic E-state index is 10.2. The molecular formula is C16H16O3. The number of aryl methyl sites for hydroxylation is 2. The van der Waals surface area contributed by atoms with E-state index in [4.69, 9.17) is 4.74 Å². The first-order valence-electron chi connectivity index (χ1n) is 6.30. The van der Waals surface area contributed by atoms with Crippen LogP contribution in [0.2, 0.25) is 0 Å². The molecule has 1 heterocycles. The highest BCUT2D eigenvalue weighted by molar-refractivity contribution is 5.53. The molecule has 2 aromatic carbocycles. The van der Waals surface area contributed by atoms with Crippen LogP contribution in [0.15, 0.2) is 30.3 Å². The molecule has 3 rings (SSSR count). The summed E-state index contributed by atoms with van der Waals surface area (Å²) < 4.78 is 5.79. The zero-order valence-electron chi connectivity index (χ0n) is 11.0. The van der Waals surface area contributed by atoms with Crippen LogP contribution in [0.1, 0.15) is 33.9 Å². The van der Waals surface area contributed by atoms with Gasteiger partial charge in [-0.25, -0.2) is 0 Å². The van der Waals surface area contributed by atoms with E-state index < -0.39 is 6.10 Å². The van der Waals surface area contributed by atoms with Crippen molar-refractivity contribution in [1.29, 1.82) is 0 Å². The van der Waals surface area contributed by atoms with Gasteiger partial charge in [0.15, 0.2) is 0 Å². The molecule has 0 aromatic heterocycles. The monoisotopic (exact) mass is 256 g/mol. The zero-order valence-corrected chi connectivity index (χ0v) is 11.0. The second kappa shape index (κ2) is 4.28. The Morgan fingerprint density at radius 3 is 2.58 bits per heavy atom. The summed E-state index contributed by atoms with van der Waals surface area (Å²) in [5.74, 6) is 0.443. The summed E-state index contributed by atoms with van der Waals surface area (Å²) in [7, 11) is 0. The number of phenols is 2. The van der Waals surface area contributed by atoms with E-state index in [2.05, 4.69) is 0 Å². The smallest absolute Gasteiger partial charge is 0.122 e. The summed E-state index contributed by atoms with van der Waals surface area (Å²) in [6, 6.07) is 9.13. The molecule has 0 amide bonds. The molecule has 0 spiro atoms. The molecule has 0 saturated heterocycles. The van der Waals surface area contributed by atoms with E-state index in [1.54, 1.807) is 18.2 Å². The molecule has 19 heavy (non-hydrogen) atoms. The van der Waals surface area contributed by atoms with Gasteiger partial charge >= 0.3 is 0 Å². The van der Waals surface area contributed by atoms with Crippen molar-refractivity contribution in [3.63, 3.8) is 0 Å². The highest BCUT2D eigenvalue weighted by Gasteiger charge is 2.31. The second-order valence-electron chi connectivity index (χ2n) is 5.06. The standard InChI is InChI=1S/C16H16O3/c1-9-6-11-8-19-16(15(11)13(18)7-9)14-10(2)4-3-5-12(14)17/h3-7,16-18H,8H2,1-2H3. The zero-order chi connectivity index (χ0) is 13.6. The number of hydrogen-bond donors (Lipinski definition) is 2. The minimum atomic E-state index is -0.392. The predicted molar refractivity (Wildman–Crippen MR) is 72.3 cm³/mol. The van der Waals surface area contributed by atoms with Crippen molar-refractivity contribution in [2.45, 2.75) is 26.6 Å². The van der Waals surface area contributed by atoms with Gasteiger partial charge in [0.05, 0.1) is 6.61 Å². The van der Waals surface area contributed by atoms with E-state index in [0.29, 0.717) is 6.61 Å². The minimum Gasteiger partial charge on any atom is -0.508 e. The normalized spacial score (nSPS) is 17.5. The summed E-state index contributed by atoms with van der Waals surface area (Å²) in [4.78, 5) is 0. The Bertz CT molecular complexity index is 626. The number of ether oxygens (including phenoxy) is 1. The second-order valence-corrected chi connectivity index (χ2v) is 5.06. The number of benzene rings is 2. The quantitative estimate of drug-likeness (QED) is 0.822. The molecule has 1 atom stereocenters. The van der Waals surface area contributed by atoms with E-state index >= 15 is 0 Å². The average Bonchev–Trinajstić information content (AvgIpc) is 2.72. The SMILES string of the molecule is Cc1cc(O)c2c(c1)COC2c1c(C)cccc1O. The Balaban J connectivity index is 2.18. The van der Waals surface area contributed by atoms with Crippen molar-refractivity contribution in [2.75, 3.05) is 0 Å². The molecule has 1 aliphatic rings. The van der Waals surface area contributed by atoms with Crippen LogP contribution in [-0.4, -0.2) is 10.2 Å². The van der Waals surface area contributed by atoms with Crippen molar-refractivity contribution < 1.29 is 14.9 Å². The third kappa shape index (κ3) is 1.87. The molecule has 0 bridgehead atoms. The molecule has 0 fully saturated rings. The van der Waals surface area contributed by atoms with Crippen LogP contribution in [0, 0.1) is 13.8 Å². The molecule has 0 radical (unpaired) electrons. The molecule has 3 heteroatoms. The average molecular weight is 256 g/mol. The van der Waals surface area contributed by atoms with Gasteiger partial charge < -0.3 is 14.9 Å². The van der Waals surface area contributed by atoms with E-state index in [0.717, 1.165) is 27.8 Å². The lowest BCUT2D eigenvalue weighted by Gasteiger charge is -2.17. The summed E-state index contributed by atoms with van der Waals surface area (Å²) in [6.07, 6.45) is -0.392. The lowest BCUT2D eigenvalue weighted by molar-refractivity contribution is 0.0907. The topological polar surface area (TPSA) is 49.7 Å². The van der Waals surface area contributed by atoms with Crippen molar-refractivity contribution in [3.05, 3.63) is 58.1 Å². The highest BCUT2D eigenvalue weighted by Crippen LogP contribution is 2.45. The lowest BCUT2D eigenvalue weighted by Crippen LogP contribution is -2.02. The van der Waals surface area contributed by atoms with Crippen molar-refractivity contribution in [1.82, 2.24) is 0 Å². The van der Waals surface area contributed by atoms with Gasteiger partial charge in [-0.15, -0.1) is 0 Å². The maximum Gasteiger partial charge on any atom is 0.122 e. The summed E-state index contributed by atoms with van der Waals surface area (Å²) in [6.45, 7) is 4.34. The third-order valence-corrected chi connectivity index (χ3v) is 3.62. The first-order chi connectivity index (χ1) is 9.08. The number of hydrogen-bond acceptors (Lipinski definition) is 3. The molecule has 0 saturated carbocycles. The highest BCUT2D eigenvalue weighted by atomic mass is 16.5. The predicted octanol–water partition coefficient (Wildman–Crippen LogP) is 3.33. The van der Waals surface area contributed by atoms with Gasteiger partial charge in [-0.05, 0) is 42.7 Å². The maximum absolute atomic E-state index is 10.2. The van der Waals surface area contributed by atoms with Crippen LogP contribution >= 0.6 is 0 Å². The van der Waals surface area contributed by atoms with Gasteiger partial charge in [0.1, 0.15) is 17.6 Å². The largest absolute Gasteiger partial charge is 0.508 e. The fraction of sp³-hybridized carbons (Fsp3) is 0.250. The first kappa shape index (κ1) is 12.1. The Hall–Kier alpha value is -2.00.